The molecule has 1 N–H and O–H groups in total. The van der Waals surface area contributed by atoms with E-state index in [4.69, 9.17) is 11.6 Å². The predicted octanol–water partition coefficient (Wildman–Crippen LogP) is 4.12. The summed E-state index contributed by atoms with van der Waals surface area (Å²) in [6, 6.07) is 10.3. The van der Waals surface area contributed by atoms with E-state index in [1.165, 1.54) is 38.1 Å². The van der Waals surface area contributed by atoms with Crippen LogP contribution in [0.4, 0.5) is 11.4 Å². The van der Waals surface area contributed by atoms with Gasteiger partial charge in [0.2, 0.25) is 11.1 Å². The predicted molar refractivity (Wildman–Crippen MR) is 116 cm³/mol. The second-order valence-corrected chi connectivity index (χ2v) is 8.81. The minimum absolute atomic E-state index is 0.00401. The number of hydrogen-bond acceptors (Lipinski definition) is 4. The van der Waals surface area contributed by atoms with Crippen LogP contribution in [0.1, 0.15) is 38.8 Å². The van der Waals surface area contributed by atoms with Gasteiger partial charge in [0.25, 0.3) is 10.0 Å². The van der Waals surface area contributed by atoms with Crippen LogP contribution < -0.4 is 9.62 Å². The molecule has 0 saturated carbocycles. The Morgan fingerprint density at radius 3 is 1.97 bits per heavy atom. The van der Waals surface area contributed by atoms with E-state index in [2.05, 4.69) is 5.32 Å². The first-order valence-corrected chi connectivity index (χ1v) is 11.2. The van der Waals surface area contributed by atoms with Gasteiger partial charge in [-0.2, -0.15) is 0 Å². The molecule has 0 aromatic heterocycles. The standard InChI is InChI=1S/C21H25ClN2O4S/c1-5-16-8-7-9-17(6-2)20(16)24(14(3)21(22)26)29(27,28)19-12-10-18(11-13-19)23-15(4)25/h7-14H,5-6H2,1-4H3,(H,23,25). The second-order valence-electron chi connectivity index (χ2n) is 6.62. The van der Waals surface area contributed by atoms with Gasteiger partial charge in [-0.15, -0.1) is 0 Å². The van der Waals surface area contributed by atoms with Crippen LogP contribution >= 0.6 is 11.6 Å². The molecule has 0 aliphatic heterocycles. The number of aryl methyl sites for hydroxylation is 2. The average Bonchev–Trinajstić information content (AvgIpc) is 2.67. The van der Waals surface area contributed by atoms with Crippen molar-refractivity contribution in [3.63, 3.8) is 0 Å². The van der Waals surface area contributed by atoms with Gasteiger partial charge in [-0.3, -0.25) is 13.9 Å². The maximum atomic E-state index is 13.6. The summed E-state index contributed by atoms with van der Waals surface area (Å²) in [6.45, 7) is 6.70. The minimum atomic E-state index is -4.09. The Morgan fingerprint density at radius 2 is 1.55 bits per heavy atom. The van der Waals surface area contributed by atoms with Crippen molar-refractivity contribution in [3.05, 3.63) is 53.6 Å². The summed E-state index contributed by atoms with van der Waals surface area (Å²) in [5.74, 6) is -0.256. The molecule has 2 aromatic rings. The molecule has 0 aliphatic rings. The molecule has 0 saturated heterocycles. The molecular weight excluding hydrogens is 412 g/mol. The van der Waals surface area contributed by atoms with Crippen LogP contribution in [0.25, 0.3) is 0 Å². The van der Waals surface area contributed by atoms with E-state index in [-0.39, 0.29) is 10.8 Å². The minimum Gasteiger partial charge on any atom is -0.326 e. The highest BCUT2D eigenvalue weighted by Crippen LogP contribution is 2.34. The molecule has 1 atom stereocenters. The number of halogens is 1. The molecule has 0 radical (unpaired) electrons. The molecule has 156 valence electrons. The first-order valence-electron chi connectivity index (χ1n) is 9.35. The van der Waals surface area contributed by atoms with E-state index in [0.29, 0.717) is 24.2 Å². The molecule has 29 heavy (non-hydrogen) atoms. The van der Waals surface area contributed by atoms with Gasteiger partial charge in [-0.05, 0) is 66.8 Å². The fraction of sp³-hybridized carbons (Fsp3) is 0.333. The van der Waals surface area contributed by atoms with Crippen LogP contribution in [-0.4, -0.2) is 25.6 Å². The Balaban J connectivity index is 2.68. The molecule has 8 heteroatoms. The monoisotopic (exact) mass is 436 g/mol. The summed E-state index contributed by atoms with van der Waals surface area (Å²) in [5.41, 5.74) is 2.60. The molecule has 0 fully saturated rings. The SMILES string of the molecule is CCc1cccc(CC)c1N(C(C)C(=O)Cl)S(=O)(=O)c1ccc(NC(C)=O)cc1. The number of hydrogen-bond donors (Lipinski definition) is 1. The van der Waals surface area contributed by atoms with Gasteiger partial charge >= 0.3 is 0 Å². The van der Waals surface area contributed by atoms with Crippen molar-refractivity contribution in [2.45, 2.75) is 51.5 Å². The quantitative estimate of drug-likeness (QED) is 0.631. The Hall–Kier alpha value is -2.38. The molecule has 2 aromatic carbocycles. The fourth-order valence-corrected chi connectivity index (χ4v) is 4.99. The Morgan fingerprint density at radius 1 is 1.03 bits per heavy atom. The number of sulfonamides is 1. The van der Waals surface area contributed by atoms with Crippen LogP contribution in [0.3, 0.4) is 0 Å². The number of carbonyl (C=O) groups is 2. The molecular formula is C21H25ClN2O4S. The third-order valence-corrected chi connectivity index (χ3v) is 6.80. The van der Waals surface area contributed by atoms with Crippen molar-refractivity contribution in [1.82, 2.24) is 0 Å². The van der Waals surface area contributed by atoms with Crippen LogP contribution in [0.2, 0.25) is 0 Å². The summed E-state index contributed by atoms with van der Waals surface area (Å²) >= 11 is 5.75. The van der Waals surface area contributed by atoms with Gasteiger partial charge < -0.3 is 5.32 Å². The molecule has 0 aliphatic carbocycles. The zero-order valence-corrected chi connectivity index (χ0v) is 18.5. The summed E-state index contributed by atoms with van der Waals surface area (Å²) in [7, 11) is -4.09. The normalized spacial score (nSPS) is 12.3. The van der Waals surface area contributed by atoms with Gasteiger partial charge in [-0.25, -0.2) is 8.42 Å². The molecule has 0 bridgehead atoms. The molecule has 1 amide bonds. The van der Waals surface area contributed by atoms with E-state index in [1.807, 2.05) is 32.0 Å². The number of para-hydroxylation sites is 1. The maximum Gasteiger partial charge on any atom is 0.265 e. The number of anilines is 2. The van der Waals surface area contributed by atoms with Gasteiger partial charge in [-0.1, -0.05) is 32.0 Å². The average molecular weight is 437 g/mol. The van der Waals surface area contributed by atoms with E-state index < -0.39 is 21.3 Å². The van der Waals surface area contributed by atoms with E-state index in [1.54, 1.807) is 0 Å². The second kappa shape index (κ2) is 9.41. The highest BCUT2D eigenvalue weighted by molar-refractivity contribution is 7.93. The maximum absolute atomic E-state index is 13.6. The first kappa shape index (κ1) is 22.9. The zero-order valence-electron chi connectivity index (χ0n) is 16.9. The molecule has 6 nitrogen and oxygen atoms in total. The van der Waals surface area contributed by atoms with Crippen molar-refractivity contribution >= 4 is 44.1 Å². The van der Waals surface area contributed by atoms with Crippen molar-refractivity contribution < 1.29 is 18.0 Å². The van der Waals surface area contributed by atoms with Gasteiger partial charge in [0.1, 0.15) is 6.04 Å². The zero-order chi connectivity index (χ0) is 21.8. The number of rotatable bonds is 8. The lowest BCUT2D eigenvalue weighted by molar-refractivity contribution is -0.114. The third-order valence-electron chi connectivity index (χ3n) is 4.60. The van der Waals surface area contributed by atoms with Crippen LogP contribution in [0, 0.1) is 0 Å². The lowest BCUT2D eigenvalue weighted by Gasteiger charge is -2.32. The van der Waals surface area contributed by atoms with Crippen molar-refractivity contribution in [2.75, 3.05) is 9.62 Å². The third kappa shape index (κ3) is 4.97. The van der Waals surface area contributed by atoms with Crippen LogP contribution in [-0.2, 0) is 32.5 Å². The number of carbonyl (C=O) groups excluding carboxylic acids is 2. The van der Waals surface area contributed by atoms with Crippen LogP contribution in [0.15, 0.2) is 47.4 Å². The lowest BCUT2D eigenvalue weighted by atomic mass is 10.0. The highest BCUT2D eigenvalue weighted by Gasteiger charge is 2.35. The van der Waals surface area contributed by atoms with E-state index in [9.17, 15) is 18.0 Å². The smallest absolute Gasteiger partial charge is 0.265 e. The van der Waals surface area contributed by atoms with Crippen molar-refractivity contribution in [2.24, 2.45) is 0 Å². The lowest BCUT2D eigenvalue weighted by Crippen LogP contribution is -2.43. The molecule has 1 unspecified atom stereocenters. The van der Waals surface area contributed by atoms with Crippen molar-refractivity contribution in [3.8, 4) is 0 Å². The largest absolute Gasteiger partial charge is 0.326 e. The number of nitrogens with one attached hydrogen (secondary N) is 1. The van der Waals surface area contributed by atoms with E-state index in [0.717, 1.165) is 15.4 Å². The molecule has 2 rings (SSSR count). The number of amides is 1. The summed E-state index contributed by atoms with van der Waals surface area (Å²) < 4.78 is 28.3. The van der Waals surface area contributed by atoms with Gasteiger partial charge in [0.05, 0.1) is 10.6 Å². The topological polar surface area (TPSA) is 83.6 Å². The van der Waals surface area contributed by atoms with Gasteiger partial charge in [0.15, 0.2) is 0 Å². The Kier molecular flexibility index (Phi) is 7.43. The molecule has 0 spiro atoms. The van der Waals surface area contributed by atoms with Gasteiger partial charge in [0, 0.05) is 12.6 Å². The Bertz CT molecular complexity index is 982. The highest BCUT2D eigenvalue weighted by atomic mass is 35.5. The summed E-state index contributed by atoms with van der Waals surface area (Å²) in [5, 5.41) is 1.83. The van der Waals surface area contributed by atoms with Crippen LogP contribution in [0.5, 0.6) is 0 Å². The Labute approximate surface area is 176 Å². The fourth-order valence-electron chi connectivity index (χ4n) is 3.14. The molecule has 0 heterocycles. The first-order chi connectivity index (χ1) is 13.6. The number of nitrogens with zero attached hydrogens (tertiary/aromatic N) is 1. The number of benzene rings is 2. The van der Waals surface area contributed by atoms with E-state index >= 15 is 0 Å². The van der Waals surface area contributed by atoms with Crippen molar-refractivity contribution in [1.29, 1.82) is 0 Å². The summed E-state index contributed by atoms with van der Waals surface area (Å²) in [4.78, 5) is 23.2. The summed E-state index contributed by atoms with van der Waals surface area (Å²) in [6.07, 6.45) is 1.19.